The number of thiocarbonyl (C=S) groups is 1. The predicted molar refractivity (Wildman–Crippen MR) is 94.5 cm³/mol. The average molecular weight is 311 g/mol. The number of nitrogens with one attached hydrogen (secondary N) is 2. The van der Waals surface area contributed by atoms with Crippen LogP contribution in [0.4, 0.5) is 17.1 Å². The molecule has 2 N–H and O–H groups in total. The maximum Gasteiger partial charge on any atom is 0.244 e. The lowest BCUT2D eigenvalue weighted by Crippen LogP contribution is -2.44. The Kier molecular flexibility index (Phi) is 4.06. The van der Waals surface area contributed by atoms with Gasteiger partial charge in [0.15, 0.2) is 5.11 Å². The molecule has 0 saturated carbocycles. The lowest BCUT2D eigenvalue weighted by Gasteiger charge is -2.31. The first-order valence-corrected chi connectivity index (χ1v) is 7.65. The van der Waals surface area contributed by atoms with Crippen molar-refractivity contribution in [3.63, 3.8) is 0 Å². The third-order valence-electron chi connectivity index (χ3n) is 3.66. The van der Waals surface area contributed by atoms with Crippen LogP contribution < -0.4 is 15.5 Å². The largest absolute Gasteiger partial charge is 0.332 e. The minimum atomic E-state index is -0.0633. The second-order valence-corrected chi connectivity index (χ2v) is 5.48. The molecule has 0 radical (unpaired) electrons. The van der Waals surface area contributed by atoms with Gasteiger partial charge < -0.3 is 15.5 Å². The number of hydrogen-bond acceptors (Lipinski definition) is 2. The van der Waals surface area contributed by atoms with Crippen LogP contribution in [0.2, 0.25) is 0 Å². The molecule has 112 valence electrons. The van der Waals surface area contributed by atoms with E-state index in [9.17, 15) is 4.79 Å². The second kappa shape index (κ2) is 6.15. The maximum atomic E-state index is 11.9. The number of amides is 1. The van der Waals surface area contributed by atoms with E-state index in [0.717, 1.165) is 23.5 Å². The molecule has 1 aliphatic rings. The van der Waals surface area contributed by atoms with Crippen molar-refractivity contribution in [2.45, 2.75) is 13.3 Å². The summed E-state index contributed by atoms with van der Waals surface area (Å²) in [4.78, 5) is 13.7. The molecular formula is C17H17N3OS. The van der Waals surface area contributed by atoms with Crippen LogP contribution in [0.1, 0.15) is 12.5 Å². The number of anilines is 3. The number of rotatable bonds is 2. The van der Waals surface area contributed by atoms with Gasteiger partial charge in [0.25, 0.3) is 0 Å². The number of nitrogens with zero attached hydrogens (tertiary/aromatic N) is 1. The standard InChI is InChI=1S/C17H17N3OS/c1-2-12-7-3-4-8-13(12)19-17(22)20-11-16(21)18-14-9-5-6-10-15(14)20/h3-10H,2,11H2,1H3,(H,18,21)(H,19,22). The zero-order valence-corrected chi connectivity index (χ0v) is 13.1. The number of carbonyl (C=O) groups is 1. The van der Waals surface area contributed by atoms with Gasteiger partial charge in [0.2, 0.25) is 5.91 Å². The predicted octanol–water partition coefficient (Wildman–Crippen LogP) is 3.40. The summed E-state index contributed by atoms with van der Waals surface area (Å²) >= 11 is 5.53. The molecule has 2 aromatic rings. The number of para-hydroxylation sites is 3. The summed E-state index contributed by atoms with van der Waals surface area (Å²) in [6, 6.07) is 15.7. The van der Waals surface area contributed by atoms with Gasteiger partial charge in [-0.05, 0) is 42.4 Å². The van der Waals surface area contributed by atoms with E-state index in [0.29, 0.717) is 5.11 Å². The van der Waals surface area contributed by atoms with Gasteiger partial charge in [0, 0.05) is 5.69 Å². The highest BCUT2D eigenvalue weighted by Gasteiger charge is 2.24. The van der Waals surface area contributed by atoms with Crippen LogP contribution in [0.15, 0.2) is 48.5 Å². The van der Waals surface area contributed by atoms with Gasteiger partial charge in [-0.25, -0.2) is 0 Å². The number of benzene rings is 2. The third-order valence-corrected chi connectivity index (χ3v) is 3.98. The van der Waals surface area contributed by atoms with E-state index < -0.39 is 0 Å². The van der Waals surface area contributed by atoms with E-state index in [2.05, 4.69) is 23.6 Å². The minimum Gasteiger partial charge on any atom is -0.332 e. The van der Waals surface area contributed by atoms with Gasteiger partial charge in [-0.1, -0.05) is 37.3 Å². The minimum absolute atomic E-state index is 0.0633. The van der Waals surface area contributed by atoms with E-state index >= 15 is 0 Å². The van der Waals surface area contributed by atoms with Crippen molar-refractivity contribution in [3.8, 4) is 0 Å². The number of fused-ring (bicyclic) bond motifs is 1. The summed E-state index contributed by atoms with van der Waals surface area (Å²) in [7, 11) is 0. The van der Waals surface area contributed by atoms with Crippen LogP contribution >= 0.6 is 12.2 Å². The summed E-state index contributed by atoms with van der Waals surface area (Å²) in [5.74, 6) is -0.0633. The van der Waals surface area contributed by atoms with E-state index in [-0.39, 0.29) is 12.5 Å². The highest BCUT2D eigenvalue weighted by Crippen LogP contribution is 2.29. The molecule has 0 bridgehead atoms. The van der Waals surface area contributed by atoms with E-state index in [1.807, 2.05) is 47.4 Å². The molecule has 5 heteroatoms. The highest BCUT2D eigenvalue weighted by atomic mass is 32.1. The molecule has 0 fully saturated rings. The normalized spacial score (nSPS) is 13.3. The van der Waals surface area contributed by atoms with Gasteiger partial charge >= 0.3 is 0 Å². The Labute approximate surface area is 135 Å². The van der Waals surface area contributed by atoms with E-state index in [4.69, 9.17) is 12.2 Å². The lowest BCUT2D eigenvalue weighted by molar-refractivity contribution is -0.115. The van der Waals surface area contributed by atoms with Gasteiger partial charge in [-0.2, -0.15) is 0 Å². The fourth-order valence-corrected chi connectivity index (χ4v) is 2.82. The molecule has 1 amide bonds. The third kappa shape index (κ3) is 2.80. The molecule has 4 nitrogen and oxygen atoms in total. The molecule has 0 saturated heterocycles. The molecule has 22 heavy (non-hydrogen) atoms. The average Bonchev–Trinajstić information content (AvgIpc) is 2.54. The Hall–Kier alpha value is -2.40. The number of hydrogen-bond donors (Lipinski definition) is 2. The fourth-order valence-electron chi connectivity index (χ4n) is 2.55. The lowest BCUT2D eigenvalue weighted by atomic mass is 10.1. The Morgan fingerprint density at radius 3 is 2.77 bits per heavy atom. The molecule has 1 aliphatic heterocycles. The van der Waals surface area contributed by atoms with Crippen molar-refractivity contribution in [1.82, 2.24) is 0 Å². The smallest absolute Gasteiger partial charge is 0.244 e. The van der Waals surface area contributed by atoms with Gasteiger partial charge in [-0.3, -0.25) is 4.79 Å². The Morgan fingerprint density at radius 1 is 1.23 bits per heavy atom. The Balaban J connectivity index is 1.88. The van der Waals surface area contributed by atoms with Crippen LogP contribution in [0, 0.1) is 0 Å². The molecule has 2 aromatic carbocycles. The van der Waals surface area contributed by atoms with Gasteiger partial charge in [0.05, 0.1) is 11.4 Å². The first-order chi connectivity index (χ1) is 10.7. The molecule has 0 unspecified atom stereocenters. The zero-order chi connectivity index (χ0) is 15.5. The van der Waals surface area contributed by atoms with E-state index in [1.165, 1.54) is 5.56 Å². The van der Waals surface area contributed by atoms with Crippen LogP contribution in [0.5, 0.6) is 0 Å². The van der Waals surface area contributed by atoms with Crippen molar-refractivity contribution < 1.29 is 4.79 Å². The molecule has 0 aliphatic carbocycles. The summed E-state index contributed by atoms with van der Waals surface area (Å²) in [5.41, 5.74) is 3.87. The molecule has 0 spiro atoms. The molecular weight excluding hydrogens is 294 g/mol. The first-order valence-electron chi connectivity index (χ1n) is 7.24. The van der Waals surface area contributed by atoms with Crippen LogP contribution in [0.3, 0.4) is 0 Å². The summed E-state index contributed by atoms with van der Waals surface area (Å²) in [6.07, 6.45) is 0.920. The van der Waals surface area contributed by atoms with Crippen LogP contribution in [-0.4, -0.2) is 17.6 Å². The van der Waals surface area contributed by atoms with Gasteiger partial charge in [0.1, 0.15) is 6.54 Å². The van der Waals surface area contributed by atoms with Gasteiger partial charge in [-0.15, -0.1) is 0 Å². The van der Waals surface area contributed by atoms with E-state index in [1.54, 1.807) is 0 Å². The molecule has 1 heterocycles. The van der Waals surface area contributed by atoms with Crippen molar-refractivity contribution in [1.29, 1.82) is 0 Å². The SMILES string of the molecule is CCc1ccccc1NC(=S)N1CC(=O)Nc2ccccc21. The molecule has 3 rings (SSSR count). The second-order valence-electron chi connectivity index (χ2n) is 5.09. The van der Waals surface area contributed by atoms with Crippen molar-refractivity contribution in [2.24, 2.45) is 0 Å². The molecule has 0 aromatic heterocycles. The summed E-state index contributed by atoms with van der Waals surface area (Å²) in [6.45, 7) is 2.32. The summed E-state index contributed by atoms with van der Waals surface area (Å²) < 4.78 is 0. The monoisotopic (exact) mass is 311 g/mol. The van der Waals surface area contributed by atoms with Crippen LogP contribution in [-0.2, 0) is 11.2 Å². The van der Waals surface area contributed by atoms with Crippen molar-refractivity contribution in [2.75, 3.05) is 22.1 Å². The van der Waals surface area contributed by atoms with Crippen LogP contribution in [0.25, 0.3) is 0 Å². The van der Waals surface area contributed by atoms with Crippen molar-refractivity contribution >= 4 is 40.3 Å². The highest BCUT2D eigenvalue weighted by molar-refractivity contribution is 7.80. The summed E-state index contributed by atoms with van der Waals surface area (Å²) in [5, 5.41) is 6.66. The Morgan fingerprint density at radius 2 is 1.95 bits per heavy atom. The zero-order valence-electron chi connectivity index (χ0n) is 12.3. The maximum absolute atomic E-state index is 11.9. The fraction of sp³-hybridized carbons (Fsp3) is 0.176. The number of carbonyl (C=O) groups excluding carboxylic acids is 1. The Bertz CT molecular complexity index is 729. The quantitative estimate of drug-likeness (QED) is 0.834. The molecule has 0 atom stereocenters. The van der Waals surface area contributed by atoms with Crippen molar-refractivity contribution in [3.05, 3.63) is 54.1 Å². The topological polar surface area (TPSA) is 44.4 Å². The number of aryl methyl sites for hydroxylation is 1. The first kappa shape index (κ1) is 14.5.